The third kappa shape index (κ3) is 4.36. The number of carbonyl (C=O) groups excluding carboxylic acids is 1. The van der Waals surface area contributed by atoms with Crippen LogP contribution in [-0.4, -0.2) is 46.8 Å². The van der Waals surface area contributed by atoms with Crippen molar-refractivity contribution in [3.8, 4) is 0 Å². The minimum Gasteiger partial charge on any atom is -0.496 e. The summed E-state index contributed by atoms with van der Waals surface area (Å²) in [5.74, 6) is 0.0191. The Bertz CT molecular complexity index is 1120. The molecule has 0 spiro atoms. The van der Waals surface area contributed by atoms with Gasteiger partial charge in [-0.25, -0.2) is 0 Å². The van der Waals surface area contributed by atoms with E-state index < -0.39 is 5.72 Å². The Kier molecular flexibility index (Phi) is 6.11. The lowest BCUT2D eigenvalue weighted by Crippen LogP contribution is -2.51. The van der Waals surface area contributed by atoms with Crippen molar-refractivity contribution in [3.63, 3.8) is 0 Å². The van der Waals surface area contributed by atoms with E-state index in [1.54, 1.807) is 6.20 Å². The average Bonchev–Trinajstić information content (AvgIpc) is 3.00. The molecule has 0 radical (unpaired) electrons. The summed E-state index contributed by atoms with van der Waals surface area (Å²) in [5, 5.41) is 16.4. The second kappa shape index (κ2) is 8.96. The molecule has 1 aliphatic heterocycles. The van der Waals surface area contributed by atoms with E-state index >= 15 is 0 Å². The monoisotopic (exact) mass is 437 g/mol. The van der Waals surface area contributed by atoms with Gasteiger partial charge in [0, 0.05) is 47.9 Å². The minimum absolute atomic E-state index is 0.251. The van der Waals surface area contributed by atoms with Gasteiger partial charge in [-0.1, -0.05) is 41.9 Å². The van der Waals surface area contributed by atoms with E-state index in [9.17, 15) is 9.90 Å². The summed E-state index contributed by atoms with van der Waals surface area (Å²) in [6.07, 6.45) is 4.02. The highest BCUT2D eigenvalue weighted by Crippen LogP contribution is 2.33. The number of amides is 1. The summed E-state index contributed by atoms with van der Waals surface area (Å²) < 4.78 is 5.35. The number of nitrogens with one attached hydrogen (secondary N) is 1. The first-order valence-corrected chi connectivity index (χ1v) is 10.5. The summed E-state index contributed by atoms with van der Waals surface area (Å²) in [5.41, 5.74) is 1.20. The van der Waals surface area contributed by atoms with E-state index in [4.69, 9.17) is 16.3 Å². The van der Waals surface area contributed by atoms with Gasteiger partial charge in [0.25, 0.3) is 5.91 Å². The molecule has 0 saturated heterocycles. The van der Waals surface area contributed by atoms with Crippen LogP contribution in [0.2, 0.25) is 5.02 Å². The molecule has 3 aromatic rings. The van der Waals surface area contributed by atoms with Crippen molar-refractivity contribution in [2.75, 3.05) is 25.5 Å². The summed E-state index contributed by atoms with van der Waals surface area (Å²) in [6, 6.07) is 17.1. The number of aromatic nitrogens is 1. The fraction of sp³-hybridized carbons (Fsp3) is 0.250. The summed E-state index contributed by atoms with van der Waals surface area (Å²) in [4.78, 5) is 18.4. The molecule has 31 heavy (non-hydrogen) atoms. The predicted molar refractivity (Wildman–Crippen MR) is 122 cm³/mol. The summed E-state index contributed by atoms with van der Waals surface area (Å²) >= 11 is 6.06. The number of benzene rings is 2. The first-order valence-electron chi connectivity index (χ1n) is 10.1. The van der Waals surface area contributed by atoms with Crippen LogP contribution in [0.3, 0.4) is 0 Å². The number of aliphatic hydroxyl groups is 1. The SMILES string of the molecule is COC1=CC(=O)N(CCCNc2ccnc3cc(Cl)ccc23)C1(O)Cc1ccccc1. The molecule has 2 heterocycles. The van der Waals surface area contributed by atoms with Crippen molar-refractivity contribution in [1.29, 1.82) is 0 Å². The van der Waals surface area contributed by atoms with Gasteiger partial charge in [-0.2, -0.15) is 0 Å². The molecule has 4 rings (SSSR count). The number of fused-ring (bicyclic) bond motifs is 1. The van der Waals surface area contributed by atoms with Crippen LogP contribution in [0.4, 0.5) is 5.69 Å². The topological polar surface area (TPSA) is 74.7 Å². The maximum Gasteiger partial charge on any atom is 0.252 e. The molecule has 1 aliphatic rings. The van der Waals surface area contributed by atoms with Gasteiger partial charge in [0.2, 0.25) is 5.72 Å². The summed E-state index contributed by atoms with van der Waals surface area (Å²) in [6.45, 7) is 1.00. The molecule has 1 unspecified atom stereocenters. The Balaban J connectivity index is 1.43. The molecule has 0 bridgehead atoms. The van der Waals surface area contributed by atoms with E-state index in [1.165, 1.54) is 18.1 Å². The molecule has 1 amide bonds. The lowest BCUT2D eigenvalue weighted by atomic mass is 10.0. The van der Waals surface area contributed by atoms with Crippen LogP contribution in [0, 0.1) is 0 Å². The third-order valence-electron chi connectivity index (χ3n) is 5.45. The number of methoxy groups -OCH3 is 1. The third-order valence-corrected chi connectivity index (χ3v) is 5.69. The number of hydrogen-bond acceptors (Lipinski definition) is 5. The number of rotatable bonds is 8. The number of carbonyl (C=O) groups is 1. The summed E-state index contributed by atoms with van der Waals surface area (Å²) in [7, 11) is 1.47. The first kappa shape index (κ1) is 21.2. The van der Waals surface area contributed by atoms with Crippen LogP contribution < -0.4 is 5.32 Å². The molecule has 0 saturated carbocycles. The van der Waals surface area contributed by atoms with Crippen LogP contribution >= 0.6 is 11.6 Å². The zero-order valence-electron chi connectivity index (χ0n) is 17.2. The Morgan fingerprint density at radius 1 is 1.19 bits per heavy atom. The molecule has 0 aliphatic carbocycles. The fourth-order valence-electron chi connectivity index (χ4n) is 3.94. The van der Waals surface area contributed by atoms with Crippen LogP contribution in [-0.2, 0) is 16.0 Å². The molecular weight excluding hydrogens is 414 g/mol. The Morgan fingerprint density at radius 2 is 2.00 bits per heavy atom. The molecule has 160 valence electrons. The van der Waals surface area contributed by atoms with Gasteiger partial charge >= 0.3 is 0 Å². The molecule has 1 atom stereocenters. The number of pyridine rings is 1. The van der Waals surface area contributed by atoms with E-state index in [0.717, 1.165) is 22.2 Å². The maximum absolute atomic E-state index is 12.6. The van der Waals surface area contributed by atoms with Gasteiger partial charge in [0.05, 0.1) is 12.6 Å². The van der Waals surface area contributed by atoms with Gasteiger partial charge in [-0.3, -0.25) is 9.78 Å². The van der Waals surface area contributed by atoms with Crippen molar-refractivity contribution >= 4 is 34.1 Å². The van der Waals surface area contributed by atoms with E-state index in [-0.39, 0.29) is 18.1 Å². The van der Waals surface area contributed by atoms with Crippen LogP contribution in [0.5, 0.6) is 0 Å². The number of nitrogens with zero attached hydrogens (tertiary/aromatic N) is 2. The van der Waals surface area contributed by atoms with Crippen molar-refractivity contribution in [3.05, 3.63) is 83.2 Å². The Labute approximate surface area is 186 Å². The molecule has 6 nitrogen and oxygen atoms in total. The number of hydrogen-bond donors (Lipinski definition) is 2. The highest BCUT2D eigenvalue weighted by atomic mass is 35.5. The van der Waals surface area contributed by atoms with E-state index in [0.29, 0.717) is 24.5 Å². The van der Waals surface area contributed by atoms with Crippen molar-refractivity contribution in [2.45, 2.75) is 18.6 Å². The van der Waals surface area contributed by atoms with Crippen molar-refractivity contribution < 1.29 is 14.6 Å². The quantitative estimate of drug-likeness (QED) is 0.521. The van der Waals surface area contributed by atoms with Gasteiger partial charge < -0.3 is 20.1 Å². The molecule has 1 aromatic heterocycles. The predicted octanol–water partition coefficient (Wildman–Crippen LogP) is 3.99. The van der Waals surface area contributed by atoms with Crippen LogP contribution in [0.1, 0.15) is 12.0 Å². The van der Waals surface area contributed by atoms with E-state index in [1.807, 2.05) is 54.6 Å². The molecule has 7 heteroatoms. The lowest BCUT2D eigenvalue weighted by molar-refractivity contribution is -0.146. The zero-order chi connectivity index (χ0) is 21.8. The lowest BCUT2D eigenvalue weighted by Gasteiger charge is -2.35. The van der Waals surface area contributed by atoms with Crippen molar-refractivity contribution in [1.82, 2.24) is 9.88 Å². The van der Waals surface area contributed by atoms with Gasteiger partial charge in [-0.15, -0.1) is 0 Å². The highest BCUT2D eigenvalue weighted by Gasteiger charge is 2.47. The molecular formula is C24H24ClN3O3. The number of ether oxygens (including phenoxy) is 1. The second-order valence-corrected chi connectivity index (χ2v) is 7.92. The molecule has 2 aromatic carbocycles. The average molecular weight is 438 g/mol. The Hall–Kier alpha value is -3.09. The number of anilines is 1. The van der Waals surface area contributed by atoms with Crippen LogP contribution in [0.25, 0.3) is 10.9 Å². The van der Waals surface area contributed by atoms with E-state index in [2.05, 4.69) is 10.3 Å². The van der Waals surface area contributed by atoms with Crippen LogP contribution in [0.15, 0.2) is 72.6 Å². The van der Waals surface area contributed by atoms with Gasteiger partial charge in [0.15, 0.2) is 5.76 Å². The maximum atomic E-state index is 12.6. The fourth-order valence-corrected chi connectivity index (χ4v) is 4.10. The first-order chi connectivity index (χ1) is 15.0. The van der Waals surface area contributed by atoms with Crippen molar-refractivity contribution in [2.24, 2.45) is 0 Å². The normalized spacial score (nSPS) is 18.4. The standard InChI is InChI=1S/C24H24ClN3O3/c1-31-22-15-23(29)28(24(22,30)16-17-6-3-2-4-7-17)13-5-11-26-20-10-12-27-21-14-18(25)8-9-19(20)21/h2-4,6-10,12,14-15,30H,5,11,13,16H2,1H3,(H,26,27). The minimum atomic E-state index is -1.49. The largest absolute Gasteiger partial charge is 0.496 e. The second-order valence-electron chi connectivity index (χ2n) is 7.48. The molecule has 2 N–H and O–H groups in total. The number of halogens is 1. The van der Waals surface area contributed by atoms with Gasteiger partial charge in [-0.05, 0) is 36.2 Å². The zero-order valence-corrected chi connectivity index (χ0v) is 18.0. The smallest absolute Gasteiger partial charge is 0.252 e. The molecule has 0 fully saturated rings. The highest BCUT2D eigenvalue weighted by molar-refractivity contribution is 6.31. The Morgan fingerprint density at radius 3 is 2.77 bits per heavy atom. The van der Waals surface area contributed by atoms with Gasteiger partial charge in [0.1, 0.15) is 0 Å².